The summed E-state index contributed by atoms with van der Waals surface area (Å²) in [5, 5.41) is 12.4. The molecule has 0 aliphatic carbocycles. The van der Waals surface area contributed by atoms with Gasteiger partial charge in [-0.1, -0.05) is 18.3 Å². The van der Waals surface area contributed by atoms with Crippen LogP contribution in [0.4, 0.5) is 5.13 Å². The molecular weight excluding hydrogens is 358 g/mol. The SMILES string of the molecule is CCCNC(=O)C1CCCN(c2nc3ncn(CC(=O)O)c(=O)c3s2)C1. The monoisotopic (exact) mass is 379 g/mol. The molecule has 2 N–H and O–H groups in total. The number of carboxylic acid groups (broad SMARTS) is 1. The van der Waals surface area contributed by atoms with E-state index < -0.39 is 18.1 Å². The number of rotatable bonds is 6. The van der Waals surface area contributed by atoms with Gasteiger partial charge in [-0.2, -0.15) is 4.98 Å². The molecule has 1 saturated heterocycles. The Balaban J connectivity index is 1.81. The Morgan fingerprint density at radius 2 is 2.27 bits per heavy atom. The molecule has 2 aromatic heterocycles. The number of nitrogens with zero attached hydrogens (tertiary/aromatic N) is 4. The zero-order chi connectivity index (χ0) is 18.7. The number of aromatic nitrogens is 3. The van der Waals surface area contributed by atoms with Gasteiger partial charge in [0, 0.05) is 19.6 Å². The molecule has 10 heteroatoms. The van der Waals surface area contributed by atoms with Crippen molar-refractivity contribution in [3.05, 3.63) is 16.7 Å². The topological polar surface area (TPSA) is 117 Å². The highest BCUT2D eigenvalue weighted by Crippen LogP contribution is 2.29. The van der Waals surface area contributed by atoms with Gasteiger partial charge in [0.15, 0.2) is 10.8 Å². The first-order valence-corrected chi connectivity index (χ1v) is 9.41. The molecule has 140 valence electrons. The standard InChI is InChI=1S/C16H21N5O4S/c1-2-5-17-14(24)10-4-3-6-20(7-10)16-19-13-12(26-16)15(25)21(9-18-13)8-11(22)23/h9-10H,2-8H2,1H3,(H,17,24)(H,22,23). The third kappa shape index (κ3) is 3.85. The molecule has 1 fully saturated rings. The maximum atomic E-state index is 12.4. The summed E-state index contributed by atoms with van der Waals surface area (Å²) in [5.74, 6) is -1.14. The van der Waals surface area contributed by atoms with Crippen LogP contribution in [0, 0.1) is 5.92 Å². The lowest BCUT2D eigenvalue weighted by atomic mass is 9.97. The van der Waals surface area contributed by atoms with Gasteiger partial charge in [-0.25, -0.2) is 4.98 Å². The fraction of sp³-hybridized carbons (Fsp3) is 0.562. The second-order valence-electron chi connectivity index (χ2n) is 6.30. The van der Waals surface area contributed by atoms with Crippen molar-refractivity contribution in [1.29, 1.82) is 0 Å². The van der Waals surface area contributed by atoms with E-state index in [1.165, 1.54) is 17.7 Å². The summed E-state index contributed by atoms with van der Waals surface area (Å²) in [6, 6.07) is 0. The Bertz CT molecular complexity index is 877. The van der Waals surface area contributed by atoms with Crippen LogP contribution in [0.5, 0.6) is 0 Å². The molecule has 0 aromatic carbocycles. The number of hydrogen-bond donors (Lipinski definition) is 2. The lowest BCUT2D eigenvalue weighted by Gasteiger charge is -2.31. The van der Waals surface area contributed by atoms with Crippen molar-refractivity contribution >= 4 is 38.7 Å². The molecule has 9 nitrogen and oxygen atoms in total. The van der Waals surface area contributed by atoms with Crippen molar-refractivity contribution in [2.24, 2.45) is 5.92 Å². The van der Waals surface area contributed by atoms with Crippen molar-refractivity contribution in [2.45, 2.75) is 32.7 Å². The predicted molar refractivity (Wildman–Crippen MR) is 97.5 cm³/mol. The summed E-state index contributed by atoms with van der Waals surface area (Å²) in [6.07, 6.45) is 3.81. The number of piperidine rings is 1. The van der Waals surface area contributed by atoms with Gasteiger partial charge in [0.1, 0.15) is 17.6 Å². The normalized spacial score (nSPS) is 17.4. The molecule has 1 atom stereocenters. The van der Waals surface area contributed by atoms with Crippen LogP contribution in [-0.4, -0.2) is 51.2 Å². The fourth-order valence-corrected chi connectivity index (χ4v) is 3.99. The first-order valence-electron chi connectivity index (χ1n) is 8.60. The molecule has 1 unspecified atom stereocenters. The zero-order valence-corrected chi connectivity index (χ0v) is 15.3. The van der Waals surface area contributed by atoms with Crippen LogP contribution in [0.15, 0.2) is 11.1 Å². The lowest BCUT2D eigenvalue weighted by molar-refractivity contribution is -0.137. The summed E-state index contributed by atoms with van der Waals surface area (Å²) < 4.78 is 1.39. The van der Waals surface area contributed by atoms with Gasteiger partial charge < -0.3 is 15.3 Å². The molecule has 0 saturated carbocycles. The number of thiazole rings is 1. The van der Waals surface area contributed by atoms with Crippen molar-refractivity contribution in [3.8, 4) is 0 Å². The maximum absolute atomic E-state index is 12.4. The number of amides is 1. The highest BCUT2D eigenvalue weighted by Gasteiger charge is 2.27. The molecule has 0 bridgehead atoms. The average Bonchev–Trinajstić information content (AvgIpc) is 3.07. The number of carbonyl (C=O) groups excluding carboxylic acids is 1. The van der Waals surface area contributed by atoms with E-state index in [9.17, 15) is 14.4 Å². The first-order chi connectivity index (χ1) is 12.5. The van der Waals surface area contributed by atoms with Crippen LogP contribution in [0.1, 0.15) is 26.2 Å². The van der Waals surface area contributed by atoms with Gasteiger partial charge in [-0.15, -0.1) is 0 Å². The van der Waals surface area contributed by atoms with Gasteiger partial charge in [0.05, 0.1) is 5.92 Å². The van der Waals surface area contributed by atoms with Crippen molar-refractivity contribution < 1.29 is 14.7 Å². The van der Waals surface area contributed by atoms with Gasteiger partial charge in [0.2, 0.25) is 5.91 Å². The van der Waals surface area contributed by atoms with E-state index in [-0.39, 0.29) is 11.8 Å². The predicted octanol–water partition coefficient (Wildman–Crippen LogP) is 0.680. The van der Waals surface area contributed by atoms with Gasteiger partial charge in [-0.3, -0.25) is 19.0 Å². The molecular formula is C16H21N5O4S. The molecule has 3 rings (SSSR count). The molecule has 2 aromatic rings. The second-order valence-corrected chi connectivity index (χ2v) is 7.27. The number of nitrogens with one attached hydrogen (secondary N) is 1. The van der Waals surface area contributed by atoms with Gasteiger partial charge in [-0.05, 0) is 19.3 Å². The van der Waals surface area contributed by atoms with E-state index in [1.54, 1.807) is 0 Å². The molecule has 1 aliphatic heterocycles. The maximum Gasteiger partial charge on any atom is 0.323 e. The summed E-state index contributed by atoms with van der Waals surface area (Å²) in [6.45, 7) is 3.57. The van der Waals surface area contributed by atoms with Crippen LogP contribution >= 0.6 is 11.3 Å². The van der Waals surface area contributed by atoms with E-state index in [1.807, 2.05) is 11.8 Å². The number of anilines is 1. The van der Waals surface area contributed by atoms with Crippen LogP contribution in [0.25, 0.3) is 10.3 Å². The Labute approximate surface area is 153 Å². The number of carbonyl (C=O) groups is 2. The minimum absolute atomic E-state index is 0.0552. The highest BCUT2D eigenvalue weighted by molar-refractivity contribution is 7.22. The Morgan fingerprint density at radius 3 is 3.00 bits per heavy atom. The zero-order valence-electron chi connectivity index (χ0n) is 14.5. The summed E-state index contributed by atoms with van der Waals surface area (Å²) in [4.78, 5) is 46.0. The number of fused-ring (bicyclic) bond motifs is 1. The Hall–Kier alpha value is -2.49. The second kappa shape index (κ2) is 7.81. The quantitative estimate of drug-likeness (QED) is 0.758. The third-order valence-electron chi connectivity index (χ3n) is 4.29. The minimum Gasteiger partial charge on any atom is -0.480 e. The van der Waals surface area contributed by atoms with Crippen LogP contribution in [0.3, 0.4) is 0 Å². The van der Waals surface area contributed by atoms with Crippen LogP contribution in [0.2, 0.25) is 0 Å². The third-order valence-corrected chi connectivity index (χ3v) is 5.38. The Morgan fingerprint density at radius 1 is 1.46 bits per heavy atom. The van der Waals surface area contributed by atoms with Crippen LogP contribution in [-0.2, 0) is 16.1 Å². The largest absolute Gasteiger partial charge is 0.480 e. The van der Waals surface area contributed by atoms with E-state index in [0.717, 1.165) is 30.4 Å². The van der Waals surface area contributed by atoms with Crippen LogP contribution < -0.4 is 15.8 Å². The molecule has 0 spiro atoms. The molecule has 3 heterocycles. The number of carboxylic acids is 1. The summed E-state index contributed by atoms with van der Waals surface area (Å²) in [7, 11) is 0. The lowest BCUT2D eigenvalue weighted by Crippen LogP contribution is -2.43. The fourth-order valence-electron chi connectivity index (χ4n) is 2.99. The van der Waals surface area contributed by atoms with E-state index >= 15 is 0 Å². The van der Waals surface area contributed by atoms with Crippen molar-refractivity contribution in [2.75, 3.05) is 24.5 Å². The Kier molecular flexibility index (Phi) is 5.50. The van der Waals surface area contributed by atoms with Gasteiger partial charge in [0.25, 0.3) is 5.56 Å². The first kappa shape index (κ1) is 18.3. The summed E-state index contributed by atoms with van der Waals surface area (Å²) >= 11 is 1.20. The molecule has 0 radical (unpaired) electrons. The van der Waals surface area contributed by atoms with Gasteiger partial charge >= 0.3 is 5.97 Å². The minimum atomic E-state index is -1.10. The average molecular weight is 379 g/mol. The van der Waals surface area contributed by atoms with E-state index in [0.29, 0.717) is 28.6 Å². The molecule has 1 aliphatic rings. The van der Waals surface area contributed by atoms with Crippen molar-refractivity contribution in [3.63, 3.8) is 0 Å². The summed E-state index contributed by atoms with van der Waals surface area (Å²) in [5.41, 5.74) is -0.0930. The van der Waals surface area contributed by atoms with Crippen molar-refractivity contribution in [1.82, 2.24) is 19.9 Å². The molecule has 1 amide bonds. The molecule has 26 heavy (non-hydrogen) atoms. The number of aliphatic carboxylic acids is 1. The smallest absolute Gasteiger partial charge is 0.323 e. The number of hydrogen-bond acceptors (Lipinski definition) is 7. The van der Waals surface area contributed by atoms with E-state index in [2.05, 4.69) is 15.3 Å². The highest BCUT2D eigenvalue weighted by atomic mass is 32.1. The van der Waals surface area contributed by atoms with E-state index in [4.69, 9.17) is 5.11 Å².